The number of hydrogen-bond acceptors (Lipinski definition) is 4. The number of aryl methyl sites for hydroxylation is 1. The molecular formula is C13H22O3SSi. The zero-order chi connectivity index (χ0) is 13.4. The molecule has 0 heterocycles. The van der Waals surface area contributed by atoms with E-state index in [4.69, 9.17) is 13.9 Å². The molecule has 0 amide bonds. The maximum absolute atomic E-state index is 5.99. The predicted molar refractivity (Wildman–Crippen MR) is 80.4 cm³/mol. The Morgan fingerprint density at radius 1 is 1.17 bits per heavy atom. The smallest absolute Gasteiger partial charge is 0.209 e. The molecule has 1 aromatic carbocycles. The first-order valence-corrected chi connectivity index (χ1v) is 8.55. The van der Waals surface area contributed by atoms with E-state index in [1.165, 1.54) is 10.8 Å². The molecule has 102 valence electrons. The van der Waals surface area contributed by atoms with Gasteiger partial charge in [0.25, 0.3) is 0 Å². The van der Waals surface area contributed by atoms with Crippen LogP contribution in [0.2, 0.25) is 6.04 Å². The Hall–Kier alpha value is -0.333. The molecule has 0 aromatic heterocycles. The molecule has 5 heteroatoms. The Labute approximate surface area is 117 Å². The summed E-state index contributed by atoms with van der Waals surface area (Å²) in [5.74, 6) is 0.843. The lowest BCUT2D eigenvalue weighted by Crippen LogP contribution is -2.37. The van der Waals surface area contributed by atoms with Crippen molar-refractivity contribution in [3.8, 4) is 0 Å². The molecule has 0 saturated heterocycles. The average molecular weight is 286 g/mol. The van der Waals surface area contributed by atoms with E-state index < -0.39 is 9.04 Å². The van der Waals surface area contributed by atoms with Crippen molar-refractivity contribution in [1.29, 1.82) is 0 Å². The molecule has 0 aliphatic carbocycles. The summed E-state index contributed by atoms with van der Waals surface area (Å²) in [7, 11) is 1.81. The molecule has 18 heavy (non-hydrogen) atoms. The van der Waals surface area contributed by atoms with Gasteiger partial charge in [0.15, 0.2) is 6.29 Å². The molecule has 1 atom stereocenters. The standard InChI is InChI=1S/C13H22O3SSi/c1-11-4-6-12(7-5-11)18(9-8-17)16-10-13(14-2)15-3/h4-7,13,17-18H,8-10H2,1-3H3. The molecule has 0 fully saturated rings. The van der Waals surface area contributed by atoms with Crippen molar-refractivity contribution in [2.24, 2.45) is 0 Å². The maximum Gasteiger partial charge on any atom is 0.209 e. The Kier molecular flexibility index (Phi) is 7.61. The summed E-state index contributed by atoms with van der Waals surface area (Å²) in [5.41, 5.74) is 1.27. The molecular weight excluding hydrogens is 264 g/mol. The van der Waals surface area contributed by atoms with E-state index in [-0.39, 0.29) is 6.29 Å². The predicted octanol–water partition coefficient (Wildman–Crippen LogP) is 1.49. The van der Waals surface area contributed by atoms with E-state index in [1.54, 1.807) is 14.2 Å². The fraction of sp³-hybridized carbons (Fsp3) is 0.538. The first-order chi connectivity index (χ1) is 8.71. The van der Waals surface area contributed by atoms with Crippen LogP contribution < -0.4 is 5.19 Å². The highest BCUT2D eigenvalue weighted by atomic mass is 32.1. The molecule has 1 aromatic rings. The Morgan fingerprint density at radius 2 is 1.78 bits per heavy atom. The summed E-state index contributed by atoms with van der Waals surface area (Å²) in [6.07, 6.45) is -0.287. The van der Waals surface area contributed by atoms with Crippen LogP contribution in [0.15, 0.2) is 24.3 Å². The SMILES string of the molecule is COC(CO[SiH](CCS)c1ccc(C)cc1)OC. The Morgan fingerprint density at radius 3 is 2.28 bits per heavy atom. The summed E-state index contributed by atoms with van der Waals surface area (Å²) < 4.78 is 16.3. The van der Waals surface area contributed by atoms with E-state index in [0.29, 0.717) is 6.61 Å². The zero-order valence-corrected chi connectivity index (χ0v) is 13.3. The fourth-order valence-electron chi connectivity index (χ4n) is 1.67. The third-order valence-corrected chi connectivity index (χ3v) is 6.08. The first kappa shape index (κ1) is 15.7. The van der Waals surface area contributed by atoms with Gasteiger partial charge in [0.05, 0.1) is 6.61 Å². The number of thiol groups is 1. The molecule has 0 aliphatic heterocycles. The van der Waals surface area contributed by atoms with Gasteiger partial charge in [-0.05, 0) is 23.9 Å². The topological polar surface area (TPSA) is 27.7 Å². The van der Waals surface area contributed by atoms with Crippen LogP contribution in [-0.2, 0) is 13.9 Å². The van der Waals surface area contributed by atoms with Crippen molar-refractivity contribution in [1.82, 2.24) is 0 Å². The van der Waals surface area contributed by atoms with Crippen molar-refractivity contribution < 1.29 is 13.9 Å². The van der Waals surface area contributed by atoms with Gasteiger partial charge in [0.1, 0.15) is 0 Å². The molecule has 1 rings (SSSR count). The number of methoxy groups -OCH3 is 2. The minimum atomic E-state index is -1.43. The second kappa shape index (κ2) is 8.71. The number of benzene rings is 1. The molecule has 0 radical (unpaired) electrons. The van der Waals surface area contributed by atoms with Crippen molar-refractivity contribution in [3.63, 3.8) is 0 Å². The van der Waals surface area contributed by atoms with Crippen LogP contribution in [0.1, 0.15) is 5.56 Å². The van der Waals surface area contributed by atoms with Gasteiger partial charge in [-0.3, -0.25) is 0 Å². The second-order valence-electron chi connectivity index (χ2n) is 4.15. The molecule has 0 spiro atoms. The van der Waals surface area contributed by atoms with Crippen molar-refractivity contribution >= 4 is 26.9 Å². The summed E-state index contributed by atoms with van der Waals surface area (Å²) in [6.45, 7) is 2.57. The van der Waals surface area contributed by atoms with E-state index in [1.807, 2.05) is 0 Å². The third kappa shape index (κ3) is 5.12. The van der Waals surface area contributed by atoms with E-state index >= 15 is 0 Å². The largest absolute Gasteiger partial charge is 0.410 e. The van der Waals surface area contributed by atoms with Crippen LogP contribution in [0, 0.1) is 6.92 Å². The molecule has 0 bridgehead atoms. The quantitative estimate of drug-likeness (QED) is 0.446. The average Bonchev–Trinajstić information content (AvgIpc) is 2.39. The van der Waals surface area contributed by atoms with Gasteiger partial charge in [-0.15, -0.1) is 0 Å². The van der Waals surface area contributed by atoms with E-state index in [9.17, 15) is 0 Å². The van der Waals surface area contributed by atoms with Gasteiger partial charge in [0.2, 0.25) is 9.04 Å². The lowest BCUT2D eigenvalue weighted by atomic mass is 10.2. The van der Waals surface area contributed by atoms with Gasteiger partial charge < -0.3 is 13.9 Å². The fourth-order valence-corrected chi connectivity index (χ4v) is 4.31. The van der Waals surface area contributed by atoms with Gasteiger partial charge in [0, 0.05) is 14.2 Å². The number of hydrogen-bond donors (Lipinski definition) is 1. The molecule has 0 saturated carbocycles. The van der Waals surface area contributed by atoms with Crippen molar-refractivity contribution in [3.05, 3.63) is 29.8 Å². The monoisotopic (exact) mass is 286 g/mol. The van der Waals surface area contributed by atoms with Gasteiger partial charge in [-0.25, -0.2) is 0 Å². The summed E-state index contributed by atoms with van der Waals surface area (Å²) >= 11 is 4.31. The normalized spacial score (nSPS) is 12.9. The minimum Gasteiger partial charge on any atom is -0.410 e. The van der Waals surface area contributed by atoms with Crippen LogP contribution in [0.25, 0.3) is 0 Å². The van der Waals surface area contributed by atoms with E-state index in [0.717, 1.165) is 11.8 Å². The lowest BCUT2D eigenvalue weighted by molar-refractivity contribution is -0.122. The van der Waals surface area contributed by atoms with Crippen molar-refractivity contribution in [2.45, 2.75) is 19.3 Å². The van der Waals surface area contributed by atoms with E-state index in [2.05, 4.69) is 43.8 Å². The highest BCUT2D eigenvalue weighted by Crippen LogP contribution is 2.03. The second-order valence-corrected chi connectivity index (χ2v) is 7.15. The summed E-state index contributed by atoms with van der Waals surface area (Å²) in [5, 5.41) is 1.31. The van der Waals surface area contributed by atoms with Gasteiger partial charge >= 0.3 is 0 Å². The number of rotatable bonds is 8. The molecule has 1 unspecified atom stereocenters. The Balaban J connectivity index is 2.61. The van der Waals surface area contributed by atoms with Crippen LogP contribution in [0.3, 0.4) is 0 Å². The van der Waals surface area contributed by atoms with Crippen LogP contribution in [0.5, 0.6) is 0 Å². The molecule has 3 nitrogen and oxygen atoms in total. The first-order valence-electron chi connectivity index (χ1n) is 6.06. The third-order valence-electron chi connectivity index (χ3n) is 2.80. The highest BCUT2D eigenvalue weighted by molar-refractivity contribution is 7.80. The minimum absolute atomic E-state index is 0.287. The molecule has 0 N–H and O–H groups in total. The lowest BCUT2D eigenvalue weighted by Gasteiger charge is -2.20. The van der Waals surface area contributed by atoms with Crippen LogP contribution >= 0.6 is 12.6 Å². The summed E-state index contributed by atoms with van der Waals surface area (Å²) in [6, 6.07) is 9.57. The highest BCUT2D eigenvalue weighted by Gasteiger charge is 2.16. The van der Waals surface area contributed by atoms with Gasteiger partial charge in [-0.2, -0.15) is 12.6 Å². The summed E-state index contributed by atoms with van der Waals surface area (Å²) in [4.78, 5) is 0. The number of ether oxygens (including phenoxy) is 2. The van der Waals surface area contributed by atoms with Crippen molar-refractivity contribution in [2.75, 3.05) is 26.6 Å². The van der Waals surface area contributed by atoms with Gasteiger partial charge in [-0.1, -0.05) is 29.8 Å². The maximum atomic E-state index is 5.99. The zero-order valence-electron chi connectivity index (χ0n) is 11.3. The Bertz CT molecular complexity index is 328. The molecule has 0 aliphatic rings. The van der Waals surface area contributed by atoms with Crippen LogP contribution in [0.4, 0.5) is 0 Å². The van der Waals surface area contributed by atoms with Crippen LogP contribution in [-0.4, -0.2) is 41.9 Å².